The van der Waals surface area contributed by atoms with Gasteiger partial charge in [-0.15, -0.1) is 0 Å². The van der Waals surface area contributed by atoms with Gasteiger partial charge in [0.05, 0.1) is 3.74 Å². The predicted octanol–water partition coefficient (Wildman–Crippen LogP) is 4.79. The first kappa shape index (κ1) is 18.2. The summed E-state index contributed by atoms with van der Waals surface area (Å²) in [6, 6.07) is 7.99. The van der Waals surface area contributed by atoms with Crippen molar-refractivity contribution in [2.24, 2.45) is 0 Å². The summed E-state index contributed by atoms with van der Waals surface area (Å²) in [7, 11) is 0. The number of esters is 1. The Hall–Kier alpha value is -0.810. The highest BCUT2D eigenvalue weighted by atomic mass is 79.9. The Labute approximate surface area is 143 Å². The van der Waals surface area contributed by atoms with Gasteiger partial charge in [-0.1, -0.05) is 57.5 Å². The van der Waals surface area contributed by atoms with Gasteiger partial charge in [-0.3, -0.25) is 0 Å². The second-order valence-corrected chi connectivity index (χ2v) is 7.88. The van der Waals surface area contributed by atoms with Gasteiger partial charge in [-0.25, -0.2) is 4.79 Å². The third-order valence-electron chi connectivity index (χ3n) is 3.02. The summed E-state index contributed by atoms with van der Waals surface area (Å²) in [5.41, 5.74) is 1.24. The van der Waals surface area contributed by atoms with E-state index < -0.39 is 5.97 Å². The Morgan fingerprint density at radius 1 is 1.33 bits per heavy atom. The van der Waals surface area contributed by atoms with Gasteiger partial charge in [0.1, 0.15) is 18.5 Å². The van der Waals surface area contributed by atoms with E-state index >= 15 is 0 Å². The third-order valence-corrected chi connectivity index (χ3v) is 4.29. The van der Waals surface area contributed by atoms with Crippen LogP contribution in [-0.4, -0.2) is 22.4 Å². The lowest BCUT2D eigenvalue weighted by Gasteiger charge is -2.18. The summed E-state index contributed by atoms with van der Waals surface area (Å²) in [4.78, 5) is 11.0. The number of hydrogen-bond donors (Lipinski definition) is 0. The Balaban J connectivity index is 2.58. The van der Waals surface area contributed by atoms with Crippen molar-refractivity contribution in [1.82, 2.24) is 0 Å². The molecule has 1 rings (SSSR count). The van der Waals surface area contributed by atoms with Crippen molar-refractivity contribution in [3.05, 3.63) is 42.5 Å². The molecule has 5 heteroatoms. The minimum absolute atomic E-state index is 0.203. The number of carbonyl (C=O) groups excluding carboxylic acids is 1. The first-order valence-corrected chi connectivity index (χ1v) is 8.65. The zero-order valence-electron chi connectivity index (χ0n) is 12.2. The molecule has 21 heavy (non-hydrogen) atoms. The largest absolute Gasteiger partial charge is 0.487 e. The highest BCUT2D eigenvalue weighted by Gasteiger charge is 2.16. The number of benzene rings is 1. The van der Waals surface area contributed by atoms with Gasteiger partial charge in [-0.05, 0) is 31.0 Å². The van der Waals surface area contributed by atoms with Crippen molar-refractivity contribution in [3.8, 4) is 5.75 Å². The van der Waals surface area contributed by atoms with Crippen molar-refractivity contribution in [1.29, 1.82) is 0 Å². The molecule has 2 unspecified atom stereocenters. The van der Waals surface area contributed by atoms with Crippen LogP contribution in [0.5, 0.6) is 5.75 Å². The predicted molar refractivity (Wildman–Crippen MR) is 92.4 cm³/mol. The van der Waals surface area contributed by atoms with Gasteiger partial charge in [0.15, 0.2) is 0 Å². The van der Waals surface area contributed by atoms with Crippen molar-refractivity contribution >= 4 is 37.8 Å². The van der Waals surface area contributed by atoms with E-state index in [4.69, 9.17) is 9.47 Å². The molecule has 0 aliphatic carbocycles. The van der Waals surface area contributed by atoms with Crippen LogP contribution < -0.4 is 4.74 Å². The van der Waals surface area contributed by atoms with Crippen molar-refractivity contribution in [2.75, 3.05) is 6.61 Å². The molecule has 0 spiro atoms. The second-order valence-electron chi connectivity index (χ2n) is 4.68. The van der Waals surface area contributed by atoms with Crippen LogP contribution in [0.15, 0.2) is 36.9 Å². The second kappa shape index (κ2) is 9.26. The maximum absolute atomic E-state index is 11.0. The molecule has 0 aliphatic heterocycles. The molecule has 0 aromatic heterocycles. The van der Waals surface area contributed by atoms with Crippen LogP contribution in [0.25, 0.3) is 0 Å². The van der Waals surface area contributed by atoms with Crippen LogP contribution in [0.2, 0.25) is 0 Å². The number of alkyl halides is 2. The molecule has 0 N–H and O–H groups in total. The molecular weight excluding hydrogens is 400 g/mol. The summed E-state index contributed by atoms with van der Waals surface area (Å²) >= 11 is 7.13. The van der Waals surface area contributed by atoms with Crippen LogP contribution in [-0.2, 0) is 9.53 Å². The van der Waals surface area contributed by atoms with Crippen LogP contribution in [0.3, 0.4) is 0 Å². The number of rotatable bonds is 8. The maximum Gasteiger partial charge on any atom is 0.330 e. The van der Waals surface area contributed by atoms with Gasteiger partial charge in [0, 0.05) is 12.0 Å². The van der Waals surface area contributed by atoms with Gasteiger partial charge >= 0.3 is 5.97 Å². The molecule has 0 radical (unpaired) electrons. The van der Waals surface area contributed by atoms with Crippen molar-refractivity contribution < 1.29 is 14.3 Å². The Morgan fingerprint density at radius 3 is 2.43 bits per heavy atom. The normalized spacial score (nSPS) is 13.6. The van der Waals surface area contributed by atoms with E-state index in [0.29, 0.717) is 5.92 Å². The molecule has 0 heterocycles. The molecule has 1 aromatic rings. The average Bonchev–Trinajstić information content (AvgIpc) is 2.47. The van der Waals surface area contributed by atoms with E-state index in [1.165, 1.54) is 5.56 Å². The standard InChI is InChI=1S/C16H20Br2O3/c1-4-14(16(17)18)12-6-8-13(9-7-12)21-11(3)10-20-15(19)5-2/h5-9,11,14,16H,2,4,10H2,1,3H3. The molecule has 116 valence electrons. The zero-order chi connectivity index (χ0) is 15.8. The molecule has 2 atom stereocenters. The van der Waals surface area contributed by atoms with Crippen LogP contribution in [0.1, 0.15) is 31.7 Å². The van der Waals surface area contributed by atoms with Crippen LogP contribution in [0.4, 0.5) is 0 Å². The Bertz CT molecular complexity index is 457. The SMILES string of the molecule is C=CC(=O)OCC(C)Oc1ccc(C(CC)C(Br)Br)cc1. The minimum Gasteiger partial charge on any atom is -0.487 e. The lowest BCUT2D eigenvalue weighted by atomic mass is 9.99. The van der Waals surface area contributed by atoms with E-state index in [1.807, 2.05) is 19.1 Å². The maximum atomic E-state index is 11.0. The van der Waals surface area contributed by atoms with E-state index in [0.717, 1.165) is 18.2 Å². The molecule has 0 aliphatic rings. The summed E-state index contributed by atoms with van der Waals surface area (Å²) in [5, 5.41) is 0. The average molecular weight is 420 g/mol. The van der Waals surface area contributed by atoms with E-state index in [2.05, 4.69) is 57.5 Å². The highest BCUT2D eigenvalue weighted by Crippen LogP contribution is 2.32. The van der Waals surface area contributed by atoms with Crippen LogP contribution >= 0.6 is 31.9 Å². The van der Waals surface area contributed by atoms with E-state index in [-0.39, 0.29) is 16.4 Å². The molecule has 1 aromatic carbocycles. The molecule has 0 bridgehead atoms. The fourth-order valence-corrected chi connectivity index (χ4v) is 3.24. The summed E-state index contributed by atoms with van der Waals surface area (Å²) in [6.45, 7) is 7.56. The summed E-state index contributed by atoms with van der Waals surface area (Å²) in [5.74, 6) is 0.730. The number of halogens is 2. The highest BCUT2D eigenvalue weighted by molar-refractivity contribution is 9.24. The lowest BCUT2D eigenvalue weighted by molar-refractivity contribution is -0.139. The van der Waals surface area contributed by atoms with E-state index in [1.54, 1.807) is 0 Å². The van der Waals surface area contributed by atoms with Crippen molar-refractivity contribution in [2.45, 2.75) is 36.0 Å². The summed E-state index contributed by atoms with van der Waals surface area (Å²) < 4.78 is 10.9. The fourth-order valence-electron chi connectivity index (χ4n) is 1.88. The molecular formula is C16H20Br2O3. The molecule has 0 saturated carbocycles. The van der Waals surface area contributed by atoms with Gasteiger partial charge in [-0.2, -0.15) is 0 Å². The first-order valence-electron chi connectivity index (χ1n) is 6.81. The number of hydrogen-bond acceptors (Lipinski definition) is 3. The summed E-state index contributed by atoms with van der Waals surface area (Å²) in [6.07, 6.45) is 1.97. The lowest BCUT2D eigenvalue weighted by Crippen LogP contribution is -2.20. The van der Waals surface area contributed by atoms with Crippen molar-refractivity contribution in [3.63, 3.8) is 0 Å². The van der Waals surface area contributed by atoms with Gasteiger partial charge in [0.25, 0.3) is 0 Å². The first-order chi connectivity index (χ1) is 9.97. The smallest absolute Gasteiger partial charge is 0.330 e. The Morgan fingerprint density at radius 2 is 1.95 bits per heavy atom. The molecule has 0 fully saturated rings. The van der Waals surface area contributed by atoms with Crippen LogP contribution in [0, 0.1) is 0 Å². The molecule has 0 saturated heterocycles. The van der Waals surface area contributed by atoms with E-state index in [9.17, 15) is 4.79 Å². The van der Waals surface area contributed by atoms with Gasteiger partial charge in [0.2, 0.25) is 0 Å². The third kappa shape index (κ3) is 6.22. The number of ether oxygens (including phenoxy) is 2. The number of carbonyl (C=O) groups is 1. The minimum atomic E-state index is -0.438. The topological polar surface area (TPSA) is 35.5 Å². The fraction of sp³-hybridized carbons (Fsp3) is 0.438. The Kier molecular flexibility index (Phi) is 8.04. The van der Waals surface area contributed by atoms with Gasteiger partial charge < -0.3 is 9.47 Å². The molecule has 3 nitrogen and oxygen atoms in total. The molecule has 0 amide bonds. The monoisotopic (exact) mass is 418 g/mol. The zero-order valence-corrected chi connectivity index (χ0v) is 15.4. The quantitative estimate of drug-likeness (QED) is 0.345.